The van der Waals surface area contributed by atoms with Gasteiger partial charge < -0.3 is 15.7 Å². The van der Waals surface area contributed by atoms with Gasteiger partial charge in [0.25, 0.3) is 5.91 Å². The summed E-state index contributed by atoms with van der Waals surface area (Å²) in [5.41, 5.74) is 0.337. The van der Waals surface area contributed by atoms with Crippen LogP contribution in [0.3, 0.4) is 0 Å². The number of hydrogen-bond donors (Lipinski definition) is 3. The van der Waals surface area contributed by atoms with Gasteiger partial charge in [-0.3, -0.25) is 14.4 Å². The summed E-state index contributed by atoms with van der Waals surface area (Å²) >= 11 is 0. The van der Waals surface area contributed by atoms with Crippen molar-refractivity contribution in [3.05, 3.63) is 29.8 Å². The summed E-state index contributed by atoms with van der Waals surface area (Å²) in [6.07, 6.45) is 2.14. The van der Waals surface area contributed by atoms with Crippen molar-refractivity contribution < 1.29 is 19.5 Å². The second kappa shape index (κ2) is 5.68. The van der Waals surface area contributed by atoms with Gasteiger partial charge in [0.15, 0.2) is 0 Å². The third kappa shape index (κ3) is 3.36. The number of carbonyl (C=O) groups is 3. The molecule has 6 heteroatoms. The van der Waals surface area contributed by atoms with Crippen LogP contribution in [0.25, 0.3) is 0 Å². The van der Waals surface area contributed by atoms with E-state index in [1.807, 2.05) is 6.92 Å². The monoisotopic (exact) mass is 316 g/mol. The van der Waals surface area contributed by atoms with Crippen LogP contribution < -0.4 is 10.6 Å². The van der Waals surface area contributed by atoms with E-state index < -0.39 is 11.4 Å². The third-order valence-corrected chi connectivity index (χ3v) is 4.76. The third-order valence-electron chi connectivity index (χ3n) is 4.76. The molecule has 0 bridgehead atoms. The number of aliphatic carboxylic acids is 1. The molecule has 2 unspecified atom stereocenters. The van der Waals surface area contributed by atoms with Crippen LogP contribution in [0.2, 0.25) is 0 Å². The Morgan fingerprint density at radius 1 is 1.22 bits per heavy atom. The number of carboxylic acid groups (broad SMARTS) is 1. The fraction of sp³-hybridized carbons (Fsp3) is 0.471. The molecular formula is C17H20N2O4. The van der Waals surface area contributed by atoms with E-state index >= 15 is 0 Å². The predicted octanol–water partition coefficient (Wildman–Crippen LogP) is 1.88. The van der Waals surface area contributed by atoms with Crippen molar-refractivity contribution in [1.82, 2.24) is 5.32 Å². The topological polar surface area (TPSA) is 95.5 Å². The molecule has 1 aromatic carbocycles. The summed E-state index contributed by atoms with van der Waals surface area (Å²) in [5, 5.41) is 14.6. The smallest absolute Gasteiger partial charge is 0.311 e. The Morgan fingerprint density at radius 2 is 1.83 bits per heavy atom. The Labute approximate surface area is 134 Å². The zero-order chi connectivity index (χ0) is 16.6. The number of benzene rings is 1. The molecule has 0 radical (unpaired) electrons. The van der Waals surface area contributed by atoms with Crippen LogP contribution in [0, 0.1) is 17.3 Å². The van der Waals surface area contributed by atoms with E-state index in [4.69, 9.17) is 5.11 Å². The number of carboxylic acids is 1. The zero-order valence-electron chi connectivity index (χ0n) is 13.0. The molecule has 0 spiro atoms. The van der Waals surface area contributed by atoms with E-state index in [1.54, 1.807) is 24.3 Å². The molecule has 2 aliphatic rings. The maximum absolute atomic E-state index is 12.0. The molecule has 2 fully saturated rings. The fourth-order valence-electron chi connectivity index (χ4n) is 2.60. The Kier molecular flexibility index (Phi) is 3.83. The summed E-state index contributed by atoms with van der Waals surface area (Å²) in [6, 6.07) is 6.62. The van der Waals surface area contributed by atoms with Crippen molar-refractivity contribution in [2.75, 3.05) is 11.9 Å². The molecule has 2 aliphatic carbocycles. The SMILES string of the molecule is CC1CC1C(=O)Nc1ccc(C(=O)NCC2(C(=O)O)CC2)cc1. The Morgan fingerprint density at radius 3 is 2.30 bits per heavy atom. The zero-order valence-corrected chi connectivity index (χ0v) is 13.0. The van der Waals surface area contributed by atoms with Crippen LogP contribution in [0.5, 0.6) is 0 Å². The van der Waals surface area contributed by atoms with E-state index in [9.17, 15) is 14.4 Å². The lowest BCUT2D eigenvalue weighted by molar-refractivity contribution is -0.143. The van der Waals surface area contributed by atoms with Gasteiger partial charge in [0.1, 0.15) is 0 Å². The molecule has 3 rings (SSSR count). The highest BCUT2D eigenvalue weighted by Crippen LogP contribution is 2.45. The fourth-order valence-corrected chi connectivity index (χ4v) is 2.60. The molecule has 0 heterocycles. The number of nitrogens with one attached hydrogen (secondary N) is 2. The van der Waals surface area contributed by atoms with E-state index in [0.29, 0.717) is 30.0 Å². The van der Waals surface area contributed by atoms with Crippen molar-refractivity contribution in [2.45, 2.75) is 26.2 Å². The quantitative estimate of drug-likeness (QED) is 0.746. The highest BCUT2D eigenvalue weighted by atomic mass is 16.4. The lowest BCUT2D eigenvalue weighted by Crippen LogP contribution is -2.34. The van der Waals surface area contributed by atoms with Gasteiger partial charge in [-0.15, -0.1) is 0 Å². The van der Waals surface area contributed by atoms with Gasteiger partial charge in [-0.2, -0.15) is 0 Å². The van der Waals surface area contributed by atoms with Gasteiger partial charge in [0.2, 0.25) is 5.91 Å². The van der Waals surface area contributed by atoms with Crippen LogP contribution in [-0.4, -0.2) is 29.4 Å². The van der Waals surface area contributed by atoms with E-state index in [-0.39, 0.29) is 24.3 Å². The molecule has 1 aromatic rings. The summed E-state index contributed by atoms with van der Waals surface area (Å²) in [5.74, 6) is -0.587. The molecule has 6 nitrogen and oxygen atoms in total. The van der Waals surface area contributed by atoms with E-state index in [2.05, 4.69) is 10.6 Å². The standard InChI is InChI=1S/C17H20N2O4/c1-10-8-13(10)15(21)19-12-4-2-11(3-5-12)14(20)18-9-17(6-7-17)16(22)23/h2-5,10,13H,6-9H2,1H3,(H,18,20)(H,19,21)(H,22,23). The molecule has 0 saturated heterocycles. The molecule has 0 aliphatic heterocycles. The molecule has 2 amide bonds. The molecule has 2 saturated carbocycles. The summed E-state index contributed by atoms with van der Waals surface area (Å²) in [7, 11) is 0. The van der Waals surface area contributed by atoms with Gasteiger partial charge in [-0.1, -0.05) is 6.92 Å². The second-order valence-corrected chi connectivity index (χ2v) is 6.65. The number of amides is 2. The minimum atomic E-state index is -0.856. The lowest BCUT2D eigenvalue weighted by atomic mass is 10.1. The maximum Gasteiger partial charge on any atom is 0.311 e. The largest absolute Gasteiger partial charge is 0.481 e. The summed E-state index contributed by atoms with van der Waals surface area (Å²) < 4.78 is 0. The van der Waals surface area contributed by atoms with Crippen molar-refractivity contribution in [1.29, 1.82) is 0 Å². The lowest BCUT2D eigenvalue weighted by Gasteiger charge is -2.11. The average Bonchev–Trinajstić information content (AvgIpc) is 3.42. The van der Waals surface area contributed by atoms with Crippen LogP contribution in [-0.2, 0) is 9.59 Å². The van der Waals surface area contributed by atoms with Gasteiger partial charge in [-0.05, 0) is 49.4 Å². The molecule has 122 valence electrons. The van der Waals surface area contributed by atoms with Gasteiger partial charge in [-0.25, -0.2) is 0 Å². The second-order valence-electron chi connectivity index (χ2n) is 6.65. The number of anilines is 1. The van der Waals surface area contributed by atoms with Crippen LogP contribution in [0.1, 0.15) is 36.5 Å². The molecule has 0 aromatic heterocycles. The molecule has 3 N–H and O–H groups in total. The Bertz CT molecular complexity index is 649. The summed E-state index contributed by atoms with van der Waals surface area (Å²) in [6.45, 7) is 2.20. The van der Waals surface area contributed by atoms with Crippen LogP contribution in [0.4, 0.5) is 5.69 Å². The maximum atomic E-state index is 12.0. The first-order valence-corrected chi connectivity index (χ1v) is 7.84. The number of rotatable bonds is 6. The first-order chi connectivity index (χ1) is 10.9. The van der Waals surface area contributed by atoms with Crippen LogP contribution >= 0.6 is 0 Å². The van der Waals surface area contributed by atoms with E-state index in [0.717, 1.165) is 6.42 Å². The van der Waals surface area contributed by atoms with Crippen LogP contribution in [0.15, 0.2) is 24.3 Å². The van der Waals surface area contributed by atoms with Crippen molar-refractivity contribution >= 4 is 23.5 Å². The van der Waals surface area contributed by atoms with E-state index in [1.165, 1.54) is 0 Å². The molecular weight excluding hydrogens is 296 g/mol. The minimum Gasteiger partial charge on any atom is -0.481 e. The highest BCUT2D eigenvalue weighted by Gasteiger charge is 2.50. The average molecular weight is 316 g/mol. The highest BCUT2D eigenvalue weighted by molar-refractivity contribution is 5.97. The predicted molar refractivity (Wildman–Crippen MR) is 84.0 cm³/mol. The van der Waals surface area contributed by atoms with Gasteiger partial charge in [0, 0.05) is 23.7 Å². The normalized spacial score (nSPS) is 23.7. The Balaban J connectivity index is 1.53. The molecule has 23 heavy (non-hydrogen) atoms. The van der Waals surface area contributed by atoms with Crippen molar-refractivity contribution in [3.8, 4) is 0 Å². The Hall–Kier alpha value is -2.37. The van der Waals surface area contributed by atoms with Crippen molar-refractivity contribution in [2.24, 2.45) is 17.3 Å². The minimum absolute atomic E-state index is 0.0202. The van der Waals surface area contributed by atoms with Crippen molar-refractivity contribution in [3.63, 3.8) is 0 Å². The molecule has 2 atom stereocenters. The van der Waals surface area contributed by atoms with Gasteiger partial charge in [0.05, 0.1) is 5.41 Å². The first kappa shape index (κ1) is 15.5. The first-order valence-electron chi connectivity index (χ1n) is 7.84. The number of carbonyl (C=O) groups excluding carboxylic acids is 2. The summed E-state index contributed by atoms with van der Waals surface area (Å²) in [4.78, 5) is 35.0. The number of hydrogen-bond acceptors (Lipinski definition) is 3. The van der Waals surface area contributed by atoms with Gasteiger partial charge >= 0.3 is 5.97 Å².